The van der Waals surface area contributed by atoms with Crippen LogP contribution in [0, 0.1) is 11.3 Å². The van der Waals surface area contributed by atoms with E-state index < -0.39 is 0 Å². The van der Waals surface area contributed by atoms with Crippen LogP contribution in [0.25, 0.3) is 0 Å². The minimum absolute atomic E-state index is 0.118. The van der Waals surface area contributed by atoms with E-state index in [1.54, 1.807) is 4.68 Å². The predicted octanol–water partition coefficient (Wildman–Crippen LogP) is 3.86. The second kappa shape index (κ2) is 7.26. The van der Waals surface area contributed by atoms with Crippen molar-refractivity contribution in [2.24, 2.45) is 18.4 Å². The number of rotatable bonds is 4. The van der Waals surface area contributed by atoms with Crippen LogP contribution in [0.15, 0.2) is 6.07 Å². The van der Waals surface area contributed by atoms with Crippen LogP contribution in [-0.4, -0.2) is 28.9 Å². The molecular weight excluding hydrogens is 302 g/mol. The number of hydrogen-bond acceptors (Lipinski definition) is 3. The highest BCUT2D eigenvalue weighted by molar-refractivity contribution is 5.90. The zero-order valence-electron chi connectivity index (χ0n) is 15.3. The Labute approximate surface area is 145 Å². The highest BCUT2D eigenvalue weighted by Crippen LogP contribution is 2.39. The normalized spacial score (nSPS) is 27.0. The minimum Gasteiger partial charge on any atom is -0.381 e. The molecule has 1 aromatic rings. The molecule has 0 bridgehead atoms. The van der Waals surface area contributed by atoms with Gasteiger partial charge < -0.3 is 10.1 Å². The molecule has 0 spiro atoms. The molecule has 1 aliphatic heterocycles. The Kier molecular flexibility index (Phi) is 5.28. The summed E-state index contributed by atoms with van der Waals surface area (Å²) in [5, 5.41) is 7.64. The van der Waals surface area contributed by atoms with Gasteiger partial charge in [0.1, 0.15) is 5.82 Å². The first-order chi connectivity index (χ1) is 11.4. The van der Waals surface area contributed by atoms with Gasteiger partial charge in [-0.25, -0.2) is 0 Å². The summed E-state index contributed by atoms with van der Waals surface area (Å²) in [4.78, 5) is 12.5. The molecule has 1 saturated heterocycles. The van der Waals surface area contributed by atoms with E-state index in [1.807, 2.05) is 13.1 Å². The fourth-order valence-corrected chi connectivity index (χ4v) is 4.27. The summed E-state index contributed by atoms with van der Waals surface area (Å²) in [6.07, 6.45) is 7.66. The van der Waals surface area contributed by atoms with E-state index in [1.165, 1.54) is 19.3 Å². The van der Waals surface area contributed by atoms with Gasteiger partial charge in [-0.2, -0.15) is 5.10 Å². The molecule has 3 rings (SSSR count). The smallest absolute Gasteiger partial charge is 0.225 e. The molecule has 2 atom stereocenters. The van der Waals surface area contributed by atoms with Crippen LogP contribution in [0.4, 0.5) is 5.82 Å². The van der Waals surface area contributed by atoms with Crippen molar-refractivity contribution in [3.8, 4) is 0 Å². The Morgan fingerprint density at radius 3 is 2.96 bits per heavy atom. The molecule has 0 aromatic carbocycles. The highest BCUT2D eigenvalue weighted by atomic mass is 16.5. The number of aryl methyl sites for hydroxylation is 1. The van der Waals surface area contributed by atoms with Gasteiger partial charge >= 0.3 is 0 Å². The zero-order valence-corrected chi connectivity index (χ0v) is 15.3. The largest absolute Gasteiger partial charge is 0.381 e. The van der Waals surface area contributed by atoms with E-state index >= 15 is 0 Å². The maximum atomic E-state index is 12.5. The predicted molar refractivity (Wildman–Crippen MR) is 95.0 cm³/mol. The summed E-state index contributed by atoms with van der Waals surface area (Å²) in [7, 11) is 1.90. The first-order valence-electron chi connectivity index (χ1n) is 9.34. The van der Waals surface area contributed by atoms with Gasteiger partial charge in [0.2, 0.25) is 5.91 Å². The summed E-state index contributed by atoms with van der Waals surface area (Å²) in [6.45, 7) is 6.22. The zero-order chi connectivity index (χ0) is 17.2. The molecule has 5 heteroatoms. The Bertz CT molecular complexity index is 573. The van der Waals surface area contributed by atoms with Crippen LogP contribution in [0.3, 0.4) is 0 Å². The number of aromatic nitrogens is 2. The van der Waals surface area contributed by atoms with Crippen molar-refractivity contribution in [3.63, 3.8) is 0 Å². The lowest BCUT2D eigenvalue weighted by molar-refractivity contribution is -0.117. The maximum absolute atomic E-state index is 12.5. The van der Waals surface area contributed by atoms with Crippen molar-refractivity contribution in [3.05, 3.63) is 11.8 Å². The minimum atomic E-state index is 0.118. The van der Waals surface area contributed by atoms with Gasteiger partial charge in [-0.05, 0) is 43.4 Å². The summed E-state index contributed by atoms with van der Waals surface area (Å²) in [5.74, 6) is 1.78. The topological polar surface area (TPSA) is 56.1 Å². The summed E-state index contributed by atoms with van der Waals surface area (Å²) in [6, 6.07) is 2.02. The molecule has 1 aromatic heterocycles. The van der Waals surface area contributed by atoms with Crippen LogP contribution in [0.5, 0.6) is 0 Å². The maximum Gasteiger partial charge on any atom is 0.225 e. The third-order valence-electron chi connectivity index (χ3n) is 5.53. The SMILES string of the molecule is Cn1nc([C@H]2CCCOC2)cc1NC(=O)C[C@H]1CCCC(C)(C)C1. The summed E-state index contributed by atoms with van der Waals surface area (Å²) in [5.41, 5.74) is 1.41. The van der Waals surface area contributed by atoms with Crippen molar-refractivity contribution in [2.75, 3.05) is 18.5 Å². The highest BCUT2D eigenvalue weighted by Gasteiger charge is 2.29. The van der Waals surface area contributed by atoms with Crippen molar-refractivity contribution >= 4 is 11.7 Å². The summed E-state index contributed by atoms with van der Waals surface area (Å²) >= 11 is 0. The number of nitrogens with zero attached hydrogens (tertiary/aromatic N) is 2. The van der Waals surface area contributed by atoms with E-state index in [9.17, 15) is 4.79 Å². The Hall–Kier alpha value is -1.36. The van der Waals surface area contributed by atoms with Crippen molar-refractivity contribution < 1.29 is 9.53 Å². The average Bonchev–Trinajstić information content (AvgIpc) is 2.88. The molecule has 1 aliphatic carbocycles. The molecule has 2 fully saturated rings. The molecule has 0 radical (unpaired) electrons. The van der Waals surface area contributed by atoms with Gasteiger partial charge in [-0.1, -0.05) is 20.3 Å². The number of ether oxygens (including phenoxy) is 1. The lowest BCUT2D eigenvalue weighted by Crippen LogP contribution is -2.26. The molecule has 2 aliphatic rings. The number of anilines is 1. The van der Waals surface area contributed by atoms with Gasteiger partial charge in [0.05, 0.1) is 12.3 Å². The van der Waals surface area contributed by atoms with Gasteiger partial charge in [0, 0.05) is 32.1 Å². The van der Waals surface area contributed by atoms with E-state index in [2.05, 4.69) is 24.3 Å². The molecular formula is C19H31N3O2. The van der Waals surface area contributed by atoms with Crippen molar-refractivity contribution in [1.29, 1.82) is 0 Å². The Morgan fingerprint density at radius 2 is 2.25 bits per heavy atom. The lowest BCUT2D eigenvalue weighted by Gasteiger charge is -2.34. The molecule has 24 heavy (non-hydrogen) atoms. The molecule has 1 saturated carbocycles. The molecule has 0 unspecified atom stereocenters. The van der Waals surface area contributed by atoms with Gasteiger partial charge in [0.25, 0.3) is 0 Å². The van der Waals surface area contributed by atoms with Crippen molar-refractivity contribution in [1.82, 2.24) is 9.78 Å². The Balaban J connectivity index is 1.57. The van der Waals surface area contributed by atoms with Crippen LogP contribution >= 0.6 is 0 Å². The van der Waals surface area contributed by atoms with Gasteiger partial charge in [0.15, 0.2) is 0 Å². The number of nitrogens with one attached hydrogen (secondary N) is 1. The fourth-order valence-electron chi connectivity index (χ4n) is 4.27. The number of carbonyl (C=O) groups excluding carboxylic acids is 1. The third-order valence-corrected chi connectivity index (χ3v) is 5.53. The second-order valence-corrected chi connectivity index (χ2v) is 8.37. The van der Waals surface area contributed by atoms with Crippen LogP contribution < -0.4 is 5.32 Å². The number of hydrogen-bond donors (Lipinski definition) is 1. The van der Waals surface area contributed by atoms with Crippen LogP contribution in [0.1, 0.15) is 70.4 Å². The fraction of sp³-hybridized carbons (Fsp3) is 0.789. The quantitative estimate of drug-likeness (QED) is 0.910. The van der Waals surface area contributed by atoms with E-state index in [0.29, 0.717) is 23.7 Å². The summed E-state index contributed by atoms with van der Waals surface area (Å²) < 4.78 is 7.33. The lowest BCUT2D eigenvalue weighted by atomic mass is 9.71. The van der Waals surface area contributed by atoms with Crippen molar-refractivity contribution in [2.45, 2.75) is 64.7 Å². The molecule has 5 nitrogen and oxygen atoms in total. The molecule has 134 valence electrons. The number of amides is 1. The van der Waals surface area contributed by atoms with Gasteiger partial charge in [-0.15, -0.1) is 0 Å². The third kappa shape index (κ3) is 4.38. The second-order valence-electron chi connectivity index (χ2n) is 8.37. The monoisotopic (exact) mass is 333 g/mol. The molecule has 1 N–H and O–H groups in total. The Morgan fingerprint density at radius 1 is 1.42 bits per heavy atom. The number of carbonyl (C=O) groups is 1. The molecule has 1 amide bonds. The first kappa shape index (κ1) is 17.5. The van der Waals surface area contributed by atoms with Gasteiger partial charge in [-0.3, -0.25) is 9.48 Å². The van der Waals surface area contributed by atoms with E-state index in [-0.39, 0.29) is 5.91 Å². The van der Waals surface area contributed by atoms with E-state index in [0.717, 1.165) is 44.0 Å². The standard InChI is InChI=1S/C19H31N3O2/c1-19(2)8-4-6-14(12-19)10-18(23)20-17-11-16(21-22(17)3)15-7-5-9-24-13-15/h11,14-15H,4-10,12-13H2,1-3H3,(H,20,23)/t14-,15+/m1/s1. The van der Waals surface area contributed by atoms with Crippen LogP contribution in [0.2, 0.25) is 0 Å². The average molecular weight is 333 g/mol. The van der Waals surface area contributed by atoms with E-state index in [4.69, 9.17) is 4.74 Å². The molecule has 2 heterocycles. The van der Waals surface area contributed by atoms with Crippen LogP contribution in [-0.2, 0) is 16.6 Å². The first-order valence-corrected chi connectivity index (χ1v) is 9.34.